The van der Waals surface area contributed by atoms with E-state index >= 15 is 0 Å². The maximum absolute atomic E-state index is 11.4. The van der Waals surface area contributed by atoms with Crippen molar-refractivity contribution in [1.29, 1.82) is 0 Å². The Balaban J connectivity index is 1.95. The average Bonchev–Trinajstić information content (AvgIpc) is 2.86. The van der Waals surface area contributed by atoms with Crippen LogP contribution in [0.25, 0.3) is 6.08 Å². The maximum Gasteiger partial charge on any atom is 0.182 e. The van der Waals surface area contributed by atoms with E-state index in [-0.39, 0.29) is 5.78 Å². The summed E-state index contributed by atoms with van der Waals surface area (Å²) in [7, 11) is 0. The molecular weight excluding hydrogens is 192 g/mol. The Bertz CT molecular complexity index is 383. The van der Waals surface area contributed by atoms with Gasteiger partial charge < -0.3 is 15.1 Å². The van der Waals surface area contributed by atoms with E-state index in [4.69, 9.17) is 4.42 Å². The summed E-state index contributed by atoms with van der Waals surface area (Å²) in [5.41, 5.74) is 0. The molecule has 0 bridgehead atoms. The summed E-state index contributed by atoms with van der Waals surface area (Å²) < 4.78 is 5.06. The predicted molar refractivity (Wildman–Crippen MR) is 56.8 cm³/mol. The molecule has 15 heavy (non-hydrogen) atoms. The standard InChI is InChI=1S/C11H12N2O2/c14-9(8-11-12-5-6-13-11)3-4-10-2-1-7-15-10/h1-4,7-8,12-13H,5-6H2/b4-3+. The first kappa shape index (κ1) is 9.58. The van der Waals surface area contributed by atoms with Crippen LogP contribution in [0.3, 0.4) is 0 Å². The third-order valence-electron chi connectivity index (χ3n) is 2.00. The minimum atomic E-state index is -0.0664. The van der Waals surface area contributed by atoms with E-state index in [1.807, 2.05) is 0 Å². The molecule has 1 aliphatic rings. The molecule has 4 nitrogen and oxygen atoms in total. The van der Waals surface area contributed by atoms with Gasteiger partial charge in [0.15, 0.2) is 5.78 Å². The highest BCUT2D eigenvalue weighted by molar-refractivity contribution is 6.02. The van der Waals surface area contributed by atoms with Crippen molar-refractivity contribution < 1.29 is 9.21 Å². The Morgan fingerprint density at radius 2 is 2.20 bits per heavy atom. The van der Waals surface area contributed by atoms with Gasteiger partial charge in [-0.1, -0.05) is 0 Å². The first-order chi connectivity index (χ1) is 7.34. The third kappa shape index (κ3) is 2.74. The Hall–Kier alpha value is -1.97. The normalized spacial score (nSPS) is 15.1. The number of hydrogen-bond acceptors (Lipinski definition) is 4. The van der Waals surface area contributed by atoms with Crippen LogP contribution < -0.4 is 10.6 Å². The van der Waals surface area contributed by atoms with Gasteiger partial charge in [-0.15, -0.1) is 0 Å². The van der Waals surface area contributed by atoms with E-state index in [1.165, 1.54) is 12.2 Å². The van der Waals surface area contributed by atoms with Crippen molar-refractivity contribution in [2.45, 2.75) is 0 Å². The molecule has 1 saturated heterocycles. The zero-order chi connectivity index (χ0) is 10.5. The summed E-state index contributed by atoms with van der Waals surface area (Å²) in [4.78, 5) is 11.4. The smallest absolute Gasteiger partial charge is 0.182 e. The number of hydrogen-bond donors (Lipinski definition) is 2. The van der Waals surface area contributed by atoms with Gasteiger partial charge >= 0.3 is 0 Å². The fourth-order valence-electron chi connectivity index (χ4n) is 1.30. The minimum Gasteiger partial charge on any atom is -0.465 e. The topological polar surface area (TPSA) is 54.3 Å². The van der Waals surface area contributed by atoms with Crippen LogP contribution in [0.2, 0.25) is 0 Å². The lowest BCUT2D eigenvalue weighted by Gasteiger charge is -1.95. The number of carbonyl (C=O) groups is 1. The van der Waals surface area contributed by atoms with Crippen molar-refractivity contribution in [1.82, 2.24) is 10.6 Å². The van der Waals surface area contributed by atoms with Crippen molar-refractivity contribution in [3.05, 3.63) is 42.1 Å². The number of allylic oxidation sites excluding steroid dienone is 2. The van der Waals surface area contributed by atoms with Crippen LogP contribution in [0.1, 0.15) is 5.76 Å². The Kier molecular flexibility index (Phi) is 2.88. The SMILES string of the molecule is O=C(C=C1NCCN1)/C=C/c1ccco1. The molecule has 0 atom stereocenters. The van der Waals surface area contributed by atoms with Crippen LogP contribution in [0.4, 0.5) is 0 Å². The number of furan rings is 1. The van der Waals surface area contributed by atoms with Gasteiger partial charge in [0.25, 0.3) is 0 Å². The Morgan fingerprint density at radius 1 is 1.40 bits per heavy atom. The largest absolute Gasteiger partial charge is 0.465 e. The van der Waals surface area contributed by atoms with E-state index in [1.54, 1.807) is 24.5 Å². The lowest BCUT2D eigenvalue weighted by atomic mass is 10.3. The zero-order valence-electron chi connectivity index (χ0n) is 8.19. The second-order valence-corrected chi connectivity index (χ2v) is 3.16. The van der Waals surface area contributed by atoms with Crippen molar-refractivity contribution >= 4 is 11.9 Å². The molecule has 0 aromatic carbocycles. The van der Waals surface area contributed by atoms with E-state index < -0.39 is 0 Å². The van der Waals surface area contributed by atoms with E-state index in [9.17, 15) is 4.79 Å². The van der Waals surface area contributed by atoms with Gasteiger partial charge in [0, 0.05) is 19.2 Å². The molecule has 1 aliphatic heterocycles. The fraction of sp³-hybridized carbons (Fsp3) is 0.182. The number of rotatable bonds is 3. The first-order valence-electron chi connectivity index (χ1n) is 4.79. The summed E-state index contributed by atoms with van der Waals surface area (Å²) in [6.07, 6.45) is 6.23. The molecule has 0 amide bonds. The van der Waals surface area contributed by atoms with E-state index in [2.05, 4.69) is 10.6 Å². The summed E-state index contributed by atoms with van der Waals surface area (Å²) in [6, 6.07) is 3.58. The summed E-state index contributed by atoms with van der Waals surface area (Å²) in [5.74, 6) is 1.39. The molecule has 0 aliphatic carbocycles. The molecule has 2 rings (SSSR count). The molecule has 2 N–H and O–H groups in total. The molecule has 1 aromatic heterocycles. The van der Waals surface area contributed by atoms with Crippen LogP contribution in [0.5, 0.6) is 0 Å². The lowest BCUT2D eigenvalue weighted by Crippen LogP contribution is -2.11. The second kappa shape index (κ2) is 4.50. The van der Waals surface area contributed by atoms with Gasteiger partial charge in [0.1, 0.15) is 11.6 Å². The van der Waals surface area contributed by atoms with Gasteiger partial charge in [-0.25, -0.2) is 0 Å². The Labute approximate surface area is 87.7 Å². The number of carbonyl (C=O) groups excluding carboxylic acids is 1. The van der Waals surface area contributed by atoms with Crippen LogP contribution in [-0.2, 0) is 4.79 Å². The zero-order valence-corrected chi connectivity index (χ0v) is 8.19. The van der Waals surface area contributed by atoms with Crippen molar-refractivity contribution in [3.8, 4) is 0 Å². The molecule has 78 valence electrons. The van der Waals surface area contributed by atoms with Gasteiger partial charge in [-0.3, -0.25) is 4.79 Å². The van der Waals surface area contributed by atoms with Crippen molar-refractivity contribution in [2.75, 3.05) is 13.1 Å². The lowest BCUT2D eigenvalue weighted by molar-refractivity contribution is -0.110. The van der Waals surface area contributed by atoms with Crippen LogP contribution in [0.15, 0.2) is 40.8 Å². The summed E-state index contributed by atoms with van der Waals surface area (Å²) in [6.45, 7) is 1.72. The molecule has 4 heteroatoms. The van der Waals surface area contributed by atoms with Crippen LogP contribution in [-0.4, -0.2) is 18.9 Å². The highest BCUT2D eigenvalue weighted by Crippen LogP contribution is 2.02. The van der Waals surface area contributed by atoms with Gasteiger partial charge in [-0.2, -0.15) is 0 Å². The molecule has 1 fully saturated rings. The van der Waals surface area contributed by atoms with Crippen molar-refractivity contribution in [3.63, 3.8) is 0 Å². The molecule has 0 spiro atoms. The van der Waals surface area contributed by atoms with Gasteiger partial charge in [-0.05, 0) is 24.3 Å². The second-order valence-electron chi connectivity index (χ2n) is 3.16. The molecule has 0 saturated carbocycles. The number of ketones is 1. The average molecular weight is 204 g/mol. The Morgan fingerprint density at radius 3 is 2.87 bits per heavy atom. The molecule has 1 aromatic rings. The van der Waals surface area contributed by atoms with Gasteiger partial charge in [0.05, 0.1) is 6.26 Å². The predicted octanol–water partition coefficient (Wildman–Crippen LogP) is 0.896. The van der Waals surface area contributed by atoms with Crippen LogP contribution in [0, 0.1) is 0 Å². The highest BCUT2D eigenvalue weighted by atomic mass is 16.3. The molecule has 0 radical (unpaired) electrons. The quantitative estimate of drug-likeness (QED) is 0.718. The van der Waals surface area contributed by atoms with E-state index in [0.29, 0.717) is 5.76 Å². The first-order valence-corrected chi connectivity index (χ1v) is 4.79. The monoisotopic (exact) mass is 204 g/mol. The fourth-order valence-corrected chi connectivity index (χ4v) is 1.30. The highest BCUT2D eigenvalue weighted by Gasteiger charge is 2.04. The van der Waals surface area contributed by atoms with E-state index in [0.717, 1.165) is 18.9 Å². The number of nitrogens with one attached hydrogen (secondary N) is 2. The maximum atomic E-state index is 11.4. The minimum absolute atomic E-state index is 0.0664. The van der Waals surface area contributed by atoms with Crippen LogP contribution >= 0.6 is 0 Å². The molecular formula is C11H12N2O2. The van der Waals surface area contributed by atoms with Crippen molar-refractivity contribution in [2.24, 2.45) is 0 Å². The third-order valence-corrected chi connectivity index (χ3v) is 2.00. The summed E-state index contributed by atoms with van der Waals surface area (Å²) in [5, 5.41) is 6.11. The molecule has 2 heterocycles. The van der Waals surface area contributed by atoms with Gasteiger partial charge in [0.2, 0.25) is 0 Å². The summed E-state index contributed by atoms with van der Waals surface area (Å²) >= 11 is 0. The molecule has 0 unspecified atom stereocenters.